The highest BCUT2D eigenvalue weighted by atomic mass is 16.6. The number of aliphatic imine (C=N–C) groups is 1. The summed E-state index contributed by atoms with van der Waals surface area (Å²) in [5.41, 5.74) is 7.01. The molecule has 2 aliphatic heterocycles. The molecule has 1 atom stereocenters. The Balaban J connectivity index is 1.89. The molecule has 2 aliphatic rings. The maximum Gasteiger partial charge on any atom is 0.414 e. The third kappa shape index (κ3) is 2.31. The second-order valence-corrected chi connectivity index (χ2v) is 4.98. The number of benzene rings is 1. The van der Waals surface area contributed by atoms with Crippen LogP contribution in [0, 0.1) is 11.5 Å². The van der Waals surface area contributed by atoms with Gasteiger partial charge in [0.05, 0.1) is 17.9 Å². The van der Waals surface area contributed by atoms with Crippen LogP contribution in [0.5, 0.6) is 5.75 Å². The summed E-state index contributed by atoms with van der Waals surface area (Å²) < 4.78 is 10.8. The summed E-state index contributed by atoms with van der Waals surface area (Å²) in [7, 11) is 1.81. The summed E-state index contributed by atoms with van der Waals surface area (Å²) in [6.45, 7) is 0.919. The van der Waals surface area contributed by atoms with E-state index >= 15 is 0 Å². The first-order valence-corrected chi connectivity index (χ1v) is 6.78. The Kier molecular flexibility index (Phi) is 3.56. The summed E-state index contributed by atoms with van der Waals surface area (Å²) >= 11 is 0. The average molecular weight is 301 g/mol. The Hall–Kier alpha value is -2.79. The van der Waals surface area contributed by atoms with E-state index in [2.05, 4.69) is 4.99 Å². The zero-order valence-corrected chi connectivity index (χ0v) is 12.0. The summed E-state index contributed by atoms with van der Waals surface area (Å²) in [6, 6.07) is 5.39. The summed E-state index contributed by atoms with van der Waals surface area (Å²) in [5, 5.41) is 8.66. The largest absolute Gasteiger partial charge is 0.483 e. The normalized spacial score (nSPS) is 22.1. The molecule has 0 aromatic heterocycles. The lowest BCUT2D eigenvalue weighted by Gasteiger charge is -2.29. The Labute approximate surface area is 127 Å². The SMILES string of the molecule is CN1C(=NC#N)COc2cc(N3CC(CN)OC3=O)ccc21. The average Bonchev–Trinajstić information content (AvgIpc) is 2.91. The third-order valence-electron chi connectivity index (χ3n) is 3.68. The highest BCUT2D eigenvalue weighted by Gasteiger charge is 2.32. The standard InChI is InChI=1S/C14H15N5O3/c1-18-11-3-2-9(19-6-10(5-15)22-14(19)20)4-12(11)21-7-13(18)17-8-16/h2-4,10H,5-7,15H2,1H3. The van der Waals surface area contributed by atoms with Crippen molar-refractivity contribution in [1.82, 2.24) is 0 Å². The van der Waals surface area contributed by atoms with Crippen molar-refractivity contribution in [3.8, 4) is 11.9 Å². The topological polar surface area (TPSA) is 104 Å². The van der Waals surface area contributed by atoms with Crippen LogP contribution in [0.1, 0.15) is 0 Å². The van der Waals surface area contributed by atoms with E-state index in [4.69, 9.17) is 20.5 Å². The number of anilines is 2. The van der Waals surface area contributed by atoms with E-state index in [1.165, 1.54) is 4.90 Å². The van der Waals surface area contributed by atoms with Crippen molar-refractivity contribution in [2.45, 2.75) is 6.10 Å². The van der Waals surface area contributed by atoms with Gasteiger partial charge in [0.25, 0.3) is 0 Å². The van der Waals surface area contributed by atoms with E-state index in [1.54, 1.807) is 23.2 Å². The van der Waals surface area contributed by atoms with Crippen molar-refractivity contribution in [3.05, 3.63) is 18.2 Å². The Bertz CT molecular complexity index is 682. The molecule has 2 heterocycles. The number of fused-ring (bicyclic) bond motifs is 1. The molecule has 8 nitrogen and oxygen atoms in total. The number of amidine groups is 1. The fraction of sp³-hybridized carbons (Fsp3) is 0.357. The molecule has 8 heteroatoms. The molecule has 0 aliphatic carbocycles. The van der Waals surface area contributed by atoms with E-state index in [1.807, 2.05) is 13.1 Å². The van der Waals surface area contributed by atoms with Gasteiger partial charge in [0.15, 0.2) is 5.84 Å². The third-order valence-corrected chi connectivity index (χ3v) is 3.68. The zero-order valence-electron chi connectivity index (χ0n) is 12.0. The van der Waals surface area contributed by atoms with E-state index in [0.29, 0.717) is 30.4 Å². The number of cyclic esters (lactones) is 1. The summed E-state index contributed by atoms with van der Waals surface area (Å²) in [5.74, 6) is 1.16. The second kappa shape index (κ2) is 5.54. The molecule has 114 valence electrons. The van der Waals surface area contributed by atoms with Crippen LogP contribution in [0.2, 0.25) is 0 Å². The number of amides is 1. The van der Waals surface area contributed by atoms with Crippen LogP contribution in [0.4, 0.5) is 16.2 Å². The van der Waals surface area contributed by atoms with Gasteiger partial charge in [0, 0.05) is 19.7 Å². The molecule has 1 aromatic carbocycles. The Morgan fingerprint density at radius 3 is 3.05 bits per heavy atom. The minimum absolute atomic E-state index is 0.205. The van der Waals surface area contributed by atoms with Gasteiger partial charge in [-0.05, 0) is 12.1 Å². The number of carbonyl (C=O) groups is 1. The van der Waals surface area contributed by atoms with Crippen LogP contribution < -0.4 is 20.3 Å². The highest BCUT2D eigenvalue weighted by Crippen LogP contribution is 2.36. The summed E-state index contributed by atoms with van der Waals surface area (Å²) in [6.07, 6.45) is 1.06. The van der Waals surface area contributed by atoms with Gasteiger partial charge in [0.1, 0.15) is 18.5 Å². The summed E-state index contributed by atoms with van der Waals surface area (Å²) in [4.78, 5) is 18.9. The quantitative estimate of drug-likeness (QED) is 0.805. The van der Waals surface area contributed by atoms with E-state index in [9.17, 15) is 4.79 Å². The number of hydrogen-bond acceptors (Lipinski definition) is 6. The smallest absolute Gasteiger partial charge is 0.414 e. The van der Waals surface area contributed by atoms with E-state index in [-0.39, 0.29) is 12.7 Å². The fourth-order valence-electron chi connectivity index (χ4n) is 2.46. The lowest BCUT2D eigenvalue weighted by molar-refractivity contribution is 0.145. The minimum atomic E-state index is -0.411. The first kappa shape index (κ1) is 14.2. The van der Waals surface area contributed by atoms with E-state index in [0.717, 1.165) is 5.69 Å². The lowest BCUT2D eigenvalue weighted by Crippen LogP contribution is -2.36. The maximum absolute atomic E-state index is 11.9. The Morgan fingerprint density at radius 1 is 1.55 bits per heavy atom. The van der Waals surface area contributed by atoms with E-state index < -0.39 is 6.09 Å². The lowest BCUT2D eigenvalue weighted by atomic mass is 10.2. The molecule has 0 radical (unpaired) electrons. The predicted octanol–water partition coefficient (Wildman–Crippen LogP) is 0.679. The molecule has 2 N–H and O–H groups in total. The molecule has 0 saturated carbocycles. The van der Waals surface area contributed by atoms with Crippen LogP contribution in [-0.2, 0) is 4.74 Å². The molecule has 1 fully saturated rings. The molecule has 0 spiro atoms. The van der Waals surface area contributed by atoms with Gasteiger partial charge >= 0.3 is 6.09 Å². The Morgan fingerprint density at radius 2 is 2.36 bits per heavy atom. The van der Waals surface area contributed by atoms with Gasteiger partial charge < -0.3 is 20.1 Å². The van der Waals surface area contributed by atoms with Gasteiger partial charge in [-0.25, -0.2) is 4.79 Å². The van der Waals surface area contributed by atoms with Crippen LogP contribution >= 0.6 is 0 Å². The van der Waals surface area contributed by atoms with Gasteiger partial charge in [-0.3, -0.25) is 4.90 Å². The fourth-order valence-corrected chi connectivity index (χ4v) is 2.46. The van der Waals surface area contributed by atoms with Gasteiger partial charge in [-0.1, -0.05) is 0 Å². The van der Waals surface area contributed by atoms with Crippen molar-refractivity contribution < 1.29 is 14.3 Å². The number of carbonyl (C=O) groups excluding carboxylic acids is 1. The van der Waals surface area contributed by atoms with Crippen molar-refractivity contribution in [2.75, 3.05) is 36.5 Å². The number of hydrogen-bond donors (Lipinski definition) is 1. The van der Waals surface area contributed by atoms with Gasteiger partial charge in [-0.2, -0.15) is 10.3 Å². The molecule has 1 amide bonds. The van der Waals surface area contributed by atoms with Crippen molar-refractivity contribution in [1.29, 1.82) is 5.26 Å². The van der Waals surface area contributed by atoms with Crippen molar-refractivity contribution in [2.24, 2.45) is 10.7 Å². The van der Waals surface area contributed by atoms with Crippen LogP contribution in [0.25, 0.3) is 0 Å². The van der Waals surface area contributed by atoms with Gasteiger partial charge in [-0.15, -0.1) is 0 Å². The molecule has 1 unspecified atom stereocenters. The predicted molar refractivity (Wildman–Crippen MR) is 80.1 cm³/mol. The van der Waals surface area contributed by atoms with Gasteiger partial charge in [0.2, 0.25) is 6.19 Å². The van der Waals surface area contributed by atoms with Crippen molar-refractivity contribution >= 4 is 23.3 Å². The van der Waals surface area contributed by atoms with Crippen LogP contribution in [0.3, 0.4) is 0 Å². The number of ether oxygens (including phenoxy) is 2. The zero-order chi connectivity index (χ0) is 15.7. The molecule has 3 rings (SSSR count). The number of nitrogens with zero attached hydrogens (tertiary/aromatic N) is 4. The molecule has 0 bridgehead atoms. The first-order chi connectivity index (χ1) is 10.6. The first-order valence-electron chi connectivity index (χ1n) is 6.78. The molecule has 22 heavy (non-hydrogen) atoms. The monoisotopic (exact) mass is 301 g/mol. The van der Waals surface area contributed by atoms with Crippen LogP contribution in [-0.4, -0.2) is 44.8 Å². The number of nitrogens with two attached hydrogens (primary N) is 1. The molecular weight excluding hydrogens is 286 g/mol. The molecule has 1 saturated heterocycles. The van der Waals surface area contributed by atoms with Crippen LogP contribution in [0.15, 0.2) is 23.2 Å². The maximum atomic E-state index is 11.9. The second-order valence-electron chi connectivity index (χ2n) is 4.98. The molecule has 1 aromatic rings. The number of likely N-dealkylation sites (N-methyl/N-ethyl adjacent to an activating group) is 1. The minimum Gasteiger partial charge on any atom is -0.483 e. The molecular formula is C14H15N5O3. The highest BCUT2D eigenvalue weighted by molar-refractivity contribution is 6.02. The number of nitriles is 1. The number of rotatable bonds is 2. The van der Waals surface area contributed by atoms with Crippen molar-refractivity contribution in [3.63, 3.8) is 0 Å².